The van der Waals surface area contributed by atoms with Crippen LogP contribution in [0.4, 0.5) is 0 Å². The molecular weight excluding hydrogens is 424 g/mol. The van der Waals surface area contributed by atoms with Gasteiger partial charge >= 0.3 is 11.9 Å². The Labute approximate surface area is 209 Å². The molecule has 34 heavy (non-hydrogen) atoms. The summed E-state index contributed by atoms with van der Waals surface area (Å²) in [6.45, 7) is 9.54. The van der Waals surface area contributed by atoms with Crippen LogP contribution >= 0.6 is 0 Å². The molecule has 0 aliphatic heterocycles. The molecule has 0 spiro atoms. The van der Waals surface area contributed by atoms with Crippen LogP contribution in [0.15, 0.2) is 23.3 Å². The van der Waals surface area contributed by atoms with E-state index < -0.39 is 11.8 Å². The summed E-state index contributed by atoms with van der Waals surface area (Å²) in [5.74, 6) is -1.27. The summed E-state index contributed by atoms with van der Waals surface area (Å²) in [4.78, 5) is 25.8. The zero-order chi connectivity index (χ0) is 25.0. The average molecular weight is 477 g/mol. The topological polar surface area (TPSA) is 52.6 Å². The van der Waals surface area contributed by atoms with Gasteiger partial charge in [0, 0.05) is 0 Å². The first-order valence-corrected chi connectivity index (χ1v) is 14.1. The Morgan fingerprint density at radius 2 is 1.29 bits per heavy atom. The van der Waals surface area contributed by atoms with Crippen molar-refractivity contribution < 1.29 is 19.1 Å². The second-order valence-corrected chi connectivity index (χ2v) is 10.2. The van der Waals surface area contributed by atoms with E-state index in [0.717, 1.165) is 38.5 Å². The molecule has 0 bridgehead atoms. The molecule has 0 aromatic carbocycles. The quantitative estimate of drug-likeness (QED) is 0.106. The van der Waals surface area contributed by atoms with Crippen molar-refractivity contribution in [2.75, 3.05) is 13.2 Å². The van der Waals surface area contributed by atoms with Crippen LogP contribution in [-0.2, 0) is 19.1 Å². The van der Waals surface area contributed by atoms with Gasteiger partial charge in [0.1, 0.15) is 0 Å². The summed E-state index contributed by atoms with van der Waals surface area (Å²) < 4.78 is 11.3. The minimum atomic E-state index is -0.413. The number of carbonyl (C=O) groups is 2. The van der Waals surface area contributed by atoms with E-state index in [4.69, 9.17) is 9.47 Å². The first-order valence-electron chi connectivity index (χ1n) is 14.1. The maximum atomic E-state index is 13.0. The molecule has 1 rings (SSSR count). The summed E-state index contributed by atoms with van der Waals surface area (Å²) in [6, 6.07) is 0. The van der Waals surface area contributed by atoms with Crippen LogP contribution in [0, 0.1) is 11.8 Å². The minimum absolute atomic E-state index is 0.220. The Morgan fingerprint density at radius 3 is 1.82 bits per heavy atom. The summed E-state index contributed by atoms with van der Waals surface area (Å²) in [6.07, 6.45) is 21.4. The lowest BCUT2D eigenvalue weighted by Crippen LogP contribution is -2.35. The lowest BCUT2D eigenvalue weighted by molar-refractivity contribution is -0.161. The predicted octanol–water partition coefficient (Wildman–Crippen LogP) is 8.49. The molecule has 1 aliphatic carbocycles. The molecular formula is C30H52O4. The first-order chi connectivity index (χ1) is 16.5. The molecule has 196 valence electrons. The van der Waals surface area contributed by atoms with Crippen molar-refractivity contribution >= 4 is 11.9 Å². The smallest absolute Gasteiger partial charge is 0.310 e. The maximum absolute atomic E-state index is 13.0. The molecule has 0 fully saturated rings. The number of unbranched alkanes of at least 4 members (excludes halogenated alkanes) is 10. The van der Waals surface area contributed by atoms with E-state index in [2.05, 4.69) is 39.8 Å². The molecule has 0 aromatic heterocycles. The minimum Gasteiger partial charge on any atom is -0.465 e. The molecule has 0 radical (unpaired) electrons. The highest BCUT2D eigenvalue weighted by molar-refractivity contribution is 5.83. The van der Waals surface area contributed by atoms with E-state index in [1.54, 1.807) is 0 Å². The lowest BCUT2D eigenvalue weighted by atomic mass is 9.78. The summed E-state index contributed by atoms with van der Waals surface area (Å²) in [7, 11) is 0. The second kappa shape index (κ2) is 19.7. The van der Waals surface area contributed by atoms with Crippen molar-refractivity contribution in [3.63, 3.8) is 0 Å². The Kier molecular flexibility index (Phi) is 17.6. The van der Waals surface area contributed by atoms with Gasteiger partial charge in [-0.3, -0.25) is 9.59 Å². The number of allylic oxidation sites excluding steroid dienone is 4. The van der Waals surface area contributed by atoms with Crippen molar-refractivity contribution in [2.45, 2.75) is 130 Å². The summed E-state index contributed by atoms with van der Waals surface area (Å²) in [5.41, 5.74) is 2.57. The molecule has 0 saturated carbocycles. The molecule has 0 amide bonds. The van der Waals surface area contributed by atoms with Crippen LogP contribution in [0.3, 0.4) is 0 Å². The van der Waals surface area contributed by atoms with Gasteiger partial charge in [0.05, 0.1) is 25.0 Å². The van der Waals surface area contributed by atoms with Gasteiger partial charge in [-0.15, -0.1) is 0 Å². The standard InChI is InChI=1S/C30H52O4/c1-5-7-9-11-13-15-22-33-29(31)27-21-20-26(19-17-18-25(3)4)24-28(27)30(32)34-23-16-14-12-10-8-6-2/h18,20,27-28H,5-17,19,21-24H2,1-4H3. The van der Waals surface area contributed by atoms with Gasteiger partial charge in [-0.2, -0.15) is 0 Å². The second-order valence-electron chi connectivity index (χ2n) is 10.2. The number of hydrogen-bond donors (Lipinski definition) is 0. The van der Waals surface area contributed by atoms with Gasteiger partial charge in [-0.25, -0.2) is 0 Å². The number of rotatable bonds is 19. The number of carbonyl (C=O) groups excluding carboxylic acids is 2. The van der Waals surface area contributed by atoms with Crippen molar-refractivity contribution in [3.8, 4) is 0 Å². The monoisotopic (exact) mass is 476 g/mol. The normalized spacial score (nSPS) is 17.7. The first kappa shape index (κ1) is 30.5. The van der Waals surface area contributed by atoms with Crippen LogP contribution < -0.4 is 0 Å². The third-order valence-corrected chi connectivity index (χ3v) is 6.74. The number of hydrogen-bond acceptors (Lipinski definition) is 4. The van der Waals surface area contributed by atoms with Crippen LogP contribution in [-0.4, -0.2) is 25.2 Å². The van der Waals surface area contributed by atoms with E-state index in [-0.39, 0.29) is 11.9 Å². The molecule has 0 heterocycles. The fraction of sp³-hybridized carbons (Fsp3) is 0.800. The maximum Gasteiger partial charge on any atom is 0.310 e. The zero-order valence-corrected chi connectivity index (χ0v) is 22.7. The molecule has 0 N–H and O–H groups in total. The van der Waals surface area contributed by atoms with E-state index in [1.165, 1.54) is 62.5 Å². The van der Waals surface area contributed by atoms with Gasteiger partial charge in [0.2, 0.25) is 0 Å². The molecule has 2 atom stereocenters. The van der Waals surface area contributed by atoms with Crippen molar-refractivity contribution in [2.24, 2.45) is 11.8 Å². The molecule has 0 aromatic rings. The Bertz CT molecular complexity index is 615. The third-order valence-electron chi connectivity index (χ3n) is 6.74. The predicted molar refractivity (Wildman–Crippen MR) is 142 cm³/mol. The van der Waals surface area contributed by atoms with E-state index >= 15 is 0 Å². The zero-order valence-electron chi connectivity index (χ0n) is 22.7. The number of esters is 2. The van der Waals surface area contributed by atoms with Crippen LogP contribution in [0.5, 0.6) is 0 Å². The fourth-order valence-corrected chi connectivity index (χ4v) is 4.55. The van der Waals surface area contributed by atoms with Gasteiger partial charge in [-0.05, 0) is 52.4 Å². The van der Waals surface area contributed by atoms with E-state index in [0.29, 0.717) is 26.1 Å². The van der Waals surface area contributed by atoms with Crippen molar-refractivity contribution in [1.82, 2.24) is 0 Å². The molecule has 1 aliphatic rings. The molecule has 4 heteroatoms. The molecule has 2 unspecified atom stereocenters. The highest BCUT2D eigenvalue weighted by Gasteiger charge is 2.38. The third kappa shape index (κ3) is 14.0. The fourth-order valence-electron chi connectivity index (χ4n) is 4.55. The largest absolute Gasteiger partial charge is 0.465 e. The van der Waals surface area contributed by atoms with E-state index in [1.807, 2.05) is 0 Å². The average Bonchev–Trinajstić information content (AvgIpc) is 2.82. The Morgan fingerprint density at radius 1 is 0.794 bits per heavy atom. The Hall–Kier alpha value is -1.58. The van der Waals surface area contributed by atoms with Gasteiger partial charge < -0.3 is 9.47 Å². The van der Waals surface area contributed by atoms with Crippen molar-refractivity contribution in [1.29, 1.82) is 0 Å². The van der Waals surface area contributed by atoms with Crippen LogP contribution in [0.2, 0.25) is 0 Å². The Balaban J connectivity index is 2.56. The van der Waals surface area contributed by atoms with E-state index in [9.17, 15) is 9.59 Å². The van der Waals surface area contributed by atoms with Crippen LogP contribution in [0.25, 0.3) is 0 Å². The summed E-state index contributed by atoms with van der Waals surface area (Å²) >= 11 is 0. The van der Waals surface area contributed by atoms with Gasteiger partial charge in [-0.1, -0.05) is 101 Å². The SMILES string of the molecule is CCCCCCCCOC(=O)C1CC=C(CCC=C(C)C)CC1C(=O)OCCCCCCCC. The highest BCUT2D eigenvalue weighted by Crippen LogP contribution is 2.34. The summed E-state index contributed by atoms with van der Waals surface area (Å²) in [5, 5.41) is 0. The molecule has 4 nitrogen and oxygen atoms in total. The highest BCUT2D eigenvalue weighted by atomic mass is 16.5. The molecule has 0 saturated heterocycles. The van der Waals surface area contributed by atoms with Crippen molar-refractivity contribution in [3.05, 3.63) is 23.3 Å². The number of ether oxygens (including phenoxy) is 2. The van der Waals surface area contributed by atoms with Crippen LogP contribution in [0.1, 0.15) is 130 Å². The lowest BCUT2D eigenvalue weighted by Gasteiger charge is -2.28. The van der Waals surface area contributed by atoms with Gasteiger partial charge in [0.15, 0.2) is 0 Å². The van der Waals surface area contributed by atoms with Gasteiger partial charge in [0.25, 0.3) is 0 Å².